The second kappa shape index (κ2) is 17.2. The van der Waals surface area contributed by atoms with E-state index in [0.717, 1.165) is 70.7 Å². The van der Waals surface area contributed by atoms with Crippen LogP contribution in [0.3, 0.4) is 0 Å². The number of unbranched alkanes of at least 4 members (excludes halogenated alkanes) is 3. The van der Waals surface area contributed by atoms with Crippen LogP contribution in [-0.4, -0.2) is 69.2 Å². The molecule has 0 spiro atoms. The number of rotatable bonds is 17. The van der Waals surface area contributed by atoms with Gasteiger partial charge in [0.25, 0.3) is 5.01 Å². The van der Waals surface area contributed by atoms with E-state index in [-0.39, 0.29) is 22.0 Å². The summed E-state index contributed by atoms with van der Waals surface area (Å²) in [5.41, 5.74) is 2.66. The van der Waals surface area contributed by atoms with Gasteiger partial charge in [-0.1, -0.05) is 62.8 Å². The fourth-order valence-corrected chi connectivity index (χ4v) is 10.9. The number of aliphatic hydroxyl groups excluding tert-OH is 1. The van der Waals surface area contributed by atoms with Crippen molar-refractivity contribution in [3.05, 3.63) is 89.3 Å². The molecule has 1 N–H and O–H groups in total. The molecule has 1 saturated heterocycles. The molecule has 0 bridgehead atoms. The topological polar surface area (TPSA) is 179 Å². The molecule has 2 aromatic carbocycles. The van der Waals surface area contributed by atoms with E-state index in [2.05, 4.69) is 11.5 Å². The third-order valence-corrected chi connectivity index (χ3v) is 14.5. The van der Waals surface area contributed by atoms with Crippen molar-refractivity contribution in [1.29, 1.82) is 0 Å². The summed E-state index contributed by atoms with van der Waals surface area (Å²) in [4.78, 5) is 2.09. The predicted octanol–water partition coefficient (Wildman–Crippen LogP) is 6.48. The van der Waals surface area contributed by atoms with Crippen LogP contribution in [0.15, 0.2) is 88.5 Å². The van der Waals surface area contributed by atoms with Gasteiger partial charge in [-0.15, -0.1) is 0 Å². The van der Waals surface area contributed by atoms with Crippen molar-refractivity contribution in [2.45, 2.75) is 93.4 Å². The van der Waals surface area contributed by atoms with Crippen molar-refractivity contribution >= 4 is 63.6 Å². The van der Waals surface area contributed by atoms with Crippen LogP contribution in [0.25, 0.3) is 16.3 Å². The van der Waals surface area contributed by atoms with Gasteiger partial charge in [0.05, 0.1) is 25.7 Å². The summed E-state index contributed by atoms with van der Waals surface area (Å²) < 4.78 is 101. The number of piperidine rings is 1. The lowest BCUT2D eigenvalue weighted by molar-refractivity contribution is -0.669. The first-order chi connectivity index (χ1) is 25.4. The van der Waals surface area contributed by atoms with E-state index in [4.69, 9.17) is 0 Å². The Bertz CT molecular complexity index is 2290. The maximum Gasteiger partial charge on any atom is 0.262 e. The minimum absolute atomic E-state index is 0.147. The van der Waals surface area contributed by atoms with E-state index < -0.39 is 41.4 Å². The zero-order valence-corrected chi connectivity index (χ0v) is 33.9. The van der Waals surface area contributed by atoms with Crippen LogP contribution >= 0.6 is 11.3 Å². The second-order valence-corrected chi connectivity index (χ2v) is 20.1. The van der Waals surface area contributed by atoms with E-state index in [0.29, 0.717) is 39.0 Å². The number of aryl methyl sites for hydroxylation is 1. The van der Waals surface area contributed by atoms with Crippen molar-refractivity contribution in [1.82, 2.24) is 4.31 Å². The molecule has 0 saturated carbocycles. The zero-order chi connectivity index (χ0) is 39.3. The highest BCUT2D eigenvalue weighted by Gasteiger charge is 2.40. The molecular formula is C38H48N3O9S4-. The molecule has 12 nitrogen and oxygen atoms in total. The summed E-state index contributed by atoms with van der Waals surface area (Å²) in [6, 6.07) is 9.57. The molecule has 16 heteroatoms. The molecule has 2 aliphatic heterocycles. The van der Waals surface area contributed by atoms with Gasteiger partial charge >= 0.3 is 0 Å². The van der Waals surface area contributed by atoms with Crippen LogP contribution in [-0.2, 0) is 42.2 Å². The molecule has 0 aliphatic carbocycles. The maximum atomic E-state index is 13.4. The number of aliphatic hydroxyl groups is 1. The first-order valence-electron chi connectivity index (χ1n) is 18.1. The van der Waals surface area contributed by atoms with E-state index in [1.807, 2.05) is 48.8 Å². The van der Waals surface area contributed by atoms with Gasteiger partial charge in [0, 0.05) is 67.2 Å². The van der Waals surface area contributed by atoms with Crippen LogP contribution in [0.2, 0.25) is 0 Å². The molecule has 0 radical (unpaired) electrons. The van der Waals surface area contributed by atoms with Gasteiger partial charge in [-0.25, -0.2) is 25.3 Å². The van der Waals surface area contributed by atoms with Crippen molar-refractivity contribution in [2.24, 2.45) is 0 Å². The summed E-state index contributed by atoms with van der Waals surface area (Å²) in [5.74, 6) is -0.311. The van der Waals surface area contributed by atoms with Crippen LogP contribution in [0.4, 0.5) is 5.69 Å². The first-order valence-corrected chi connectivity index (χ1v) is 23.3. The average molecular weight is 819 g/mol. The lowest BCUT2D eigenvalue weighted by Crippen LogP contribution is -2.36. The standard InChI is InChI=1S/C38H49N3O9S4/c1-29(42)15-7-5-12-24-40-33-20-19-31(54(48,49)50)27-32(33)38(2,3)36(40)16-8-4-9-17-37-41(25-13-14-26-52(43,44)45)34-21-18-30(28-35(34)51-37)53(46,47)39-22-10-6-11-23-39/h4,8-9,16-21,27-28H,1,5-7,10-15,22-26H2,2-3H3,(H2-,42,43,44,45,48,49,50)/p-1. The van der Waals surface area contributed by atoms with Crippen LogP contribution < -0.4 is 9.47 Å². The Kier molecular flexibility index (Phi) is 13.3. The Morgan fingerprint density at radius 3 is 2.31 bits per heavy atom. The molecular weight excluding hydrogens is 771 g/mol. The third kappa shape index (κ3) is 10.1. The van der Waals surface area contributed by atoms with Gasteiger partial charge in [0.15, 0.2) is 6.54 Å². The number of nitrogens with zero attached hydrogens (tertiary/aromatic N) is 3. The van der Waals surface area contributed by atoms with Crippen molar-refractivity contribution in [2.75, 3.05) is 30.3 Å². The van der Waals surface area contributed by atoms with Crippen LogP contribution in [0.1, 0.15) is 82.2 Å². The normalized spacial score (nSPS) is 17.7. The number of benzene rings is 2. The monoisotopic (exact) mass is 818 g/mol. The highest BCUT2D eigenvalue weighted by molar-refractivity contribution is 7.89. The first kappa shape index (κ1) is 41.8. The van der Waals surface area contributed by atoms with Gasteiger partial charge in [0.2, 0.25) is 15.5 Å². The van der Waals surface area contributed by atoms with Crippen LogP contribution in [0, 0.1) is 0 Å². The molecule has 2 aliphatic rings. The summed E-state index contributed by atoms with van der Waals surface area (Å²) in [6.07, 6.45) is 15.7. The number of hydrogen-bond acceptors (Lipinski definition) is 11. The summed E-state index contributed by atoms with van der Waals surface area (Å²) in [7, 11) is -12.6. The third-order valence-electron chi connectivity index (χ3n) is 9.90. The molecule has 294 valence electrons. The van der Waals surface area contributed by atoms with Crippen LogP contribution in [0.5, 0.6) is 0 Å². The van der Waals surface area contributed by atoms with E-state index in [1.165, 1.54) is 27.8 Å². The number of hydrogen-bond donors (Lipinski definition) is 1. The second-order valence-electron chi connectivity index (χ2n) is 14.2. The lowest BCUT2D eigenvalue weighted by Gasteiger charge is -2.27. The number of fused-ring (bicyclic) bond motifs is 2. The maximum absolute atomic E-state index is 13.4. The average Bonchev–Trinajstić information content (AvgIpc) is 3.55. The van der Waals surface area contributed by atoms with Crippen molar-refractivity contribution < 1.29 is 44.0 Å². The van der Waals surface area contributed by atoms with Gasteiger partial charge in [-0.2, -0.15) is 8.87 Å². The molecule has 1 fully saturated rings. The van der Waals surface area contributed by atoms with Gasteiger partial charge < -0.3 is 19.1 Å². The lowest BCUT2D eigenvalue weighted by atomic mass is 9.83. The Morgan fingerprint density at radius 2 is 1.63 bits per heavy atom. The van der Waals surface area contributed by atoms with Crippen molar-refractivity contribution in [3.8, 4) is 0 Å². The fourth-order valence-electron chi connectivity index (χ4n) is 7.08. The minimum Gasteiger partial charge on any atom is -0.748 e. The van der Waals surface area contributed by atoms with Gasteiger partial charge in [-0.05, 0) is 74.1 Å². The van der Waals surface area contributed by atoms with Gasteiger partial charge in [-0.3, -0.25) is 0 Å². The quantitative estimate of drug-likeness (QED) is 0.0521. The largest absolute Gasteiger partial charge is 0.748 e. The Labute approximate surface area is 323 Å². The number of thiazole rings is 1. The highest BCUT2D eigenvalue weighted by Crippen LogP contribution is 2.48. The molecule has 0 unspecified atom stereocenters. The summed E-state index contributed by atoms with van der Waals surface area (Å²) >= 11 is 1.42. The molecule has 0 amide bonds. The smallest absolute Gasteiger partial charge is 0.262 e. The van der Waals surface area contributed by atoms with E-state index in [1.54, 1.807) is 24.3 Å². The number of anilines is 1. The molecule has 3 aromatic rings. The zero-order valence-electron chi connectivity index (χ0n) is 30.6. The van der Waals surface area contributed by atoms with Crippen molar-refractivity contribution in [3.63, 3.8) is 0 Å². The Morgan fingerprint density at radius 1 is 0.907 bits per heavy atom. The summed E-state index contributed by atoms with van der Waals surface area (Å²) in [6.45, 7) is 9.57. The van der Waals surface area contributed by atoms with Gasteiger partial charge in [0.1, 0.15) is 14.8 Å². The Hall–Kier alpha value is -3.38. The van der Waals surface area contributed by atoms with E-state index >= 15 is 0 Å². The molecule has 5 rings (SSSR count). The molecule has 1 aromatic heterocycles. The number of allylic oxidation sites excluding steroid dienone is 6. The minimum atomic E-state index is -4.65. The number of sulfonamides is 1. The van der Waals surface area contributed by atoms with E-state index in [9.17, 15) is 39.5 Å². The molecule has 3 heterocycles. The fraction of sp³-hybridized carbons (Fsp3) is 0.447. The number of aromatic nitrogens is 1. The molecule has 0 atom stereocenters. The summed E-state index contributed by atoms with van der Waals surface area (Å²) in [5, 5.41) is 10.3. The molecule has 54 heavy (non-hydrogen) atoms. The predicted molar refractivity (Wildman–Crippen MR) is 210 cm³/mol. The Balaban J connectivity index is 1.43. The SMILES string of the molecule is C=C(O)CCCCCN1/C(=C/C=C/C=C/c2sc3cc(S(=O)(=O)N4CCCCC4)ccc3[n+]2CCCCS(=O)(=O)[O-])C(C)(C)c2cc(S(=O)(=O)[O-])ccc21. The highest BCUT2D eigenvalue weighted by atomic mass is 32.2.